The Labute approximate surface area is 84.4 Å². The van der Waals surface area contributed by atoms with E-state index in [1.54, 1.807) is 6.26 Å². The maximum Gasteiger partial charge on any atom is 0.104 e. The molecule has 0 bridgehead atoms. The highest BCUT2D eigenvalue weighted by atomic mass is 16.3. The minimum Gasteiger partial charge on any atom is -0.469 e. The fourth-order valence-electron chi connectivity index (χ4n) is 1.48. The van der Waals surface area contributed by atoms with Crippen molar-refractivity contribution in [2.24, 2.45) is 0 Å². The summed E-state index contributed by atoms with van der Waals surface area (Å²) in [6, 6.07) is 12.6. The van der Waals surface area contributed by atoms with E-state index in [9.17, 15) is 0 Å². The molecule has 1 nitrogen and oxygen atoms in total. The summed E-state index contributed by atoms with van der Waals surface area (Å²) in [6.45, 7) is 2.11. The molecule has 1 aromatic carbocycles. The number of furan rings is 1. The lowest BCUT2D eigenvalue weighted by atomic mass is 10.1. The van der Waals surface area contributed by atoms with Gasteiger partial charge in [-0.25, -0.2) is 0 Å². The second-order valence-corrected chi connectivity index (χ2v) is 3.56. The molecule has 0 spiro atoms. The SMILES string of the molecule is Cc1ccc(CCc2ccco2)cc1. The van der Waals surface area contributed by atoms with Gasteiger partial charge in [0.1, 0.15) is 5.76 Å². The van der Waals surface area contributed by atoms with Crippen LogP contribution in [0.1, 0.15) is 16.9 Å². The number of benzene rings is 1. The first-order valence-corrected chi connectivity index (χ1v) is 4.92. The molecule has 0 N–H and O–H groups in total. The minimum absolute atomic E-state index is 0.982. The Morgan fingerprint density at radius 1 is 1.00 bits per heavy atom. The Kier molecular flexibility index (Phi) is 2.68. The van der Waals surface area contributed by atoms with Gasteiger partial charge in [0.2, 0.25) is 0 Å². The molecule has 1 heterocycles. The van der Waals surface area contributed by atoms with Crippen molar-refractivity contribution in [2.75, 3.05) is 0 Å². The molecule has 0 aliphatic rings. The highest BCUT2D eigenvalue weighted by Gasteiger charge is 1.97. The van der Waals surface area contributed by atoms with Gasteiger partial charge >= 0.3 is 0 Å². The van der Waals surface area contributed by atoms with Crippen molar-refractivity contribution in [1.29, 1.82) is 0 Å². The van der Waals surface area contributed by atoms with Crippen molar-refractivity contribution in [2.45, 2.75) is 19.8 Å². The fourth-order valence-corrected chi connectivity index (χ4v) is 1.48. The summed E-state index contributed by atoms with van der Waals surface area (Å²) in [7, 11) is 0. The van der Waals surface area contributed by atoms with E-state index in [4.69, 9.17) is 4.42 Å². The molecule has 0 aliphatic carbocycles. The maximum atomic E-state index is 5.28. The fraction of sp³-hybridized carbons (Fsp3) is 0.231. The lowest BCUT2D eigenvalue weighted by Gasteiger charge is -1.99. The second kappa shape index (κ2) is 4.14. The molecule has 0 radical (unpaired) electrons. The third kappa shape index (κ3) is 2.25. The minimum atomic E-state index is 0.982. The molecule has 0 aliphatic heterocycles. The summed E-state index contributed by atoms with van der Waals surface area (Å²) in [5.41, 5.74) is 2.68. The van der Waals surface area contributed by atoms with Gasteiger partial charge < -0.3 is 4.42 Å². The van der Waals surface area contributed by atoms with Crippen LogP contribution < -0.4 is 0 Å². The van der Waals surface area contributed by atoms with Crippen LogP contribution in [-0.2, 0) is 12.8 Å². The molecular formula is C13H14O. The third-order valence-electron chi connectivity index (χ3n) is 2.36. The third-order valence-corrected chi connectivity index (χ3v) is 2.36. The molecule has 0 amide bonds. The molecule has 1 aromatic heterocycles. The van der Waals surface area contributed by atoms with Gasteiger partial charge in [-0.2, -0.15) is 0 Å². The van der Waals surface area contributed by atoms with Crippen LogP contribution in [0.4, 0.5) is 0 Å². The molecule has 14 heavy (non-hydrogen) atoms. The van der Waals surface area contributed by atoms with Crippen LogP contribution in [0.25, 0.3) is 0 Å². The molecule has 2 rings (SSSR count). The summed E-state index contributed by atoms with van der Waals surface area (Å²) >= 11 is 0. The van der Waals surface area contributed by atoms with Gasteiger partial charge in [0.25, 0.3) is 0 Å². The van der Waals surface area contributed by atoms with E-state index in [2.05, 4.69) is 31.2 Å². The van der Waals surface area contributed by atoms with Crippen molar-refractivity contribution in [1.82, 2.24) is 0 Å². The summed E-state index contributed by atoms with van der Waals surface area (Å²) in [6.07, 6.45) is 3.76. The van der Waals surface area contributed by atoms with Gasteiger partial charge in [-0.15, -0.1) is 0 Å². The van der Waals surface area contributed by atoms with E-state index >= 15 is 0 Å². The van der Waals surface area contributed by atoms with E-state index in [0.29, 0.717) is 0 Å². The summed E-state index contributed by atoms with van der Waals surface area (Å²) in [5.74, 6) is 1.06. The zero-order valence-corrected chi connectivity index (χ0v) is 8.36. The topological polar surface area (TPSA) is 13.1 Å². The van der Waals surface area contributed by atoms with Crippen LogP contribution in [0.2, 0.25) is 0 Å². The summed E-state index contributed by atoms with van der Waals surface area (Å²) < 4.78 is 5.28. The highest BCUT2D eigenvalue weighted by molar-refractivity contribution is 5.22. The highest BCUT2D eigenvalue weighted by Crippen LogP contribution is 2.08. The predicted molar refractivity (Wildman–Crippen MR) is 57.3 cm³/mol. The first-order chi connectivity index (χ1) is 6.84. The van der Waals surface area contributed by atoms with E-state index < -0.39 is 0 Å². The van der Waals surface area contributed by atoms with Gasteiger partial charge in [0, 0.05) is 6.42 Å². The maximum absolute atomic E-state index is 5.28. The van der Waals surface area contributed by atoms with Gasteiger partial charge in [-0.05, 0) is 31.0 Å². The van der Waals surface area contributed by atoms with Crippen LogP contribution >= 0.6 is 0 Å². The quantitative estimate of drug-likeness (QED) is 0.716. The van der Waals surface area contributed by atoms with Crippen LogP contribution in [-0.4, -0.2) is 0 Å². The molecule has 0 saturated heterocycles. The molecule has 0 saturated carbocycles. The van der Waals surface area contributed by atoms with Gasteiger partial charge in [-0.3, -0.25) is 0 Å². The monoisotopic (exact) mass is 186 g/mol. The number of hydrogen-bond acceptors (Lipinski definition) is 1. The molecule has 2 aromatic rings. The van der Waals surface area contributed by atoms with Gasteiger partial charge in [0.15, 0.2) is 0 Å². The predicted octanol–water partition coefficient (Wildman–Crippen LogP) is 3.37. The number of aryl methyl sites for hydroxylation is 3. The molecule has 0 unspecified atom stereocenters. The largest absolute Gasteiger partial charge is 0.469 e. The molecule has 1 heteroatoms. The van der Waals surface area contributed by atoms with Crippen molar-refractivity contribution in [3.05, 3.63) is 59.5 Å². The Morgan fingerprint density at radius 3 is 2.43 bits per heavy atom. The van der Waals surface area contributed by atoms with Crippen molar-refractivity contribution in [3.8, 4) is 0 Å². The molecular weight excluding hydrogens is 172 g/mol. The Morgan fingerprint density at radius 2 is 1.79 bits per heavy atom. The van der Waals surface area contributed by atoms with Crippen LogP contribution in [0, 0.1) is 6.92 Å². The van der Waals surface area contributed by atoms with E-state index in [-0.39, 0.29) is 0 Å². The molecule has 72 valence electrons. The Balaban J connectivity index is 1.95. The molecule has 0 fully saturated rings. The first-order valence-electron chi connectivity index (χ1n) is 4.92. The van der Waals surface area contributed by atoms with Gasteiger partial charge in [-0.1, -0.05) is 29.8 Å². The van der Waals surface area contributed by atoms with E-state index in [0.717, 1.165) is 18.6 Å². The Hall–Kier alpha value is -1.50. The van der Waals surface area contributed by atoms with Gasteiger partial charge in [0.05, 0.1) is 6.26 Å². The van der Waals surface area contributed by atoms with Crippen molar-refractivity contribution in [3.63, 3.8) is 0 Å². The van der Waals surface area contributed by atoms with E-state index in [1.807, 2.05) is 12.1 Å². The van der Waals surface area contributed by atoms with Crippen LogP contribution in [0.3, 0.4) is 0 Å². The lowest BCUT2D eigenvalue weighted by Crippen LogP contribution is -1.89. The standard InChI is InChI=1S/C13H14O/c1-11-4-6-12(7-5-11)8-9-13-3-2-10-14-13/h2-7,10H,8-9H2,1H3. The first kappa shape index (κ1) is 9.07. The smallest absolute Gasteiger partial charge is 0.104 e. The second-order valence-electron chi connectivity index (χ2n) is 3.56. The summed E-state index contributed by atoms with van der Waals surface area (Å²) in [4.78, 5) is 0. The average molecular weight is 186 g/mol. The van der Waals surface area contributed by atoms with Crippen molar-refractivity contribution >= 4 is 0 Å². The Bertz CT molecular complexity index is 370. The number of rotatable bonds is 3. The molecule has 0 atom stereocenters. The zero-order valence-electron chi connectivity index (χ0n) is 8.36. The average Bonchev–Trinajstić information content (AvgIpc) is 2.70. The van der Waals surface area contributed by atoms with Crippen LogP contribution in [0.5, 0.6) is 0 Å². The van der Waals surface area contributed by atoms with Crippen molar-refractivity contribution < 1.29 is 4.42 Å². The zero-order chi connectivity index (χ0) is 9.80. The van der Waals surface area contributed by atoms with Crippen LogP contribution in [0.15, 0.2) is 47.1 Å². The lowest BCUT2D eigenvalue weighted by molar-refractivity contribution is 0.508. The normalized spacial score (nSPS) is 10.4. The summed E-state index contributed by atoms with van der Waals surface area (Å²) in [5, 5.41) is 0. The number of hydrogen-bond donors (Lipinski definition) is 0. The van der Waals surface area contributed by atoms with E-state index in [1.165, 1.54) is 11.1 Å².